The Labute approximate surface area is 168 Å². The second-order valence-electron chi connectivity index (χ2n) is 6.70. The molecule has 1 heterocycles. The van der Waals surface area contributed by atoms with E-state index in [4.69, 9.17) is 14.5 Å². The summed E-state index contributed by atoms with van der Waals surface area (Å²) in [5, 5.41) is 0. The van der Waals surface area contributed by atoms with Gasteiger partial charge in [-0.05, 0) is 59.8 Å². The number of nitrogens with zero attached hydrogens (tertiary/aromatic N) is 1. The van der Waals surface area contributed by atoms with Gasteiger partial charge < -0.3 is 9.47 Å². The highest BCUT2D eigenvalue weighted by atomic mass is 79.9. The van der Waals surface area contributed by atoms with Crippen LogP contribution in [0.15, 0.2) is 38.9 Å². The number of halogens is 1. The van der Waals surface area contributed by atoms with Crippen molar-refractivity contribution >= 4 is 33.4 Å². The lowest BCUT2D eigenvalue weighted by atomic mass is 9.71. The van der Waals surface area contributed by atoms with Crippen LogP contribution in [0.1, 0.15) is 51.0 Å². The SMILES string of the molecule is CCOC(=O)C1C(CC)=NC2=C(C(=O)CCC2)[C@H]1c1ccc(OC)c(Br)c1. The van der Waals surface area contributed by atoms with Crippen molar-refractivity contribution in [3.05, 3.63) is 39.5 Å². The Morgan fingerprint density at radius 3 is 2.70 bits per heavy atom. The molecule has 3 rings (SSSR count). The van der Waals surface area contributed by atoms with Crippen LogP contribution in [0.5, 0.6) is 5.75 Å². The molecule has 6 heteroatoms. The maximum absolute atomic E-state index is 12.9. The summed E-state index contributed by atoms with van der Waals surface area (Å²) in [5.41, 5.74) is 3.19. The number of ether oxygens (including phenoxy) is 2. The number of allylic oxidation sites excluding steroid dienone is 2. The van der Waals surface area contributed by atoms with Gasteiger partial charge in [0.1, 0.15) is 11.7 Å². The van der Waals surface area contributed by atoms with E-state index in [1.807, 2.05) is 25.1 Å². The fourth-order valence-electron chi connectivity index (χ4n) is 3.96. The first kappa shape index (κ1) is 19.8. The molecule has 0 fully saturated rings. The van der Waals surface area contributed by atoms with Gasteiger partial charge in [-0.2, -0.15) is 0 Å². The van der Waals surface area contributed by atoms with Gasteiger partial charge in [0.25, 0.3) is 0 Å². The van der Waals surface area contributed by atoms with Gasteiger partial charge in [-0.3, -0.25) is 14.6 Å². The number of hydrogen-bond acceptors (Lipinski definition) is 5. The average molecular weight is 434 g/mol. The summed E-state index contributed by atoms with van der Waals surface area (Å²) in [4.78, 5) is 30.4. The van der Waals surface area contributed by atoms with Crippen LogP contribution >= 0.6 is 15.9 Å². The van der Waals surface area contributed by atoms with Crippen molar-refractivity contribution in [2.45, 2.75) is 45.4 Å². The predicted molar refractivity (Wildman–Crippen MR) is 107 cm³/mol. The first-order valence-electron chi connectivity index (χ1n) is 9.35. The summed E-state index contributed by atoms with van der Waals surface area (Å²) in [6.07, 6.45) is 2.72. The molecule has 144 valence electrons. The fourth-order valence-corrected chi connectivity index (χ4v) is 4.51. The molecule has 1 aromatic rings. The highest BCUT2D eigenvalue weighted by molar-refractivity contribution is 9.10. The van der Waals surface area contributed by atoms with E-state index in [2.05, 4.69) is 15.9 Å². The number of carbonyl (C=O) groups is 2. The molecule has 0 bridgehead atoms. The quantitative estimate of drug-likeness (QED) is 0.636. The second-order valence-corrected chi connectivity index (χ2v) is 7.55. The van der Waals surface area contributed by atoms with Gasteiger partial charge in [0.05, 0.1) is 18.2 Å². The van der Waals surface area contributed by atoms with E-state index in [0.29, 0.717) is 30.8 Å². The van der Waals surface area contributed by atoms with Gasteiger partial charge in [0.2, 0.25) is 0 Å². The van der Waals surface area contributed by atoms with Gasteiger partial charge in [-0.25, -0.2) is 0 Å². The number of esters is 1. The second kappa shape index (κ2) is 8.38. The normalized spacial score (nSPS) is 22.2. The zero-order chi connectivity index (χ0) is 19.6. The van der Waals surface area contributed by atoms with Crippen molar-refractivity contribution in [2.75, 3.05) is 13.7 Å². The molecular weight excluding hydrogens is 410 g/mol. The van der Waals surface area contributed by atoms with Crippen molar-refractivity contribution in [3.8, 4) is 5.75 Å². The number of rotatable bonds is 5. The lowest BCUT2D eigenvalue weighted by Gasteiger charge is -2.35. The summed E-state index contributed by atoms with van der Waals surface area (Å²) in [5.74, 6) is -0.477. The van der Waals surface area contributed by atoms with Crippen molar-refractivity contribution in [1.82, 2.24) is 0 Å². The van der Waals surface area contributed by atoms with E-state index in [1.54, 1.807) is 14.0 Å². The largest absolute Gasteiger partial charge is 0.496 e. The zero-order valence-electron chi connectivity index (χ0n) is 15.9. The lowest BCUT2D eigenvalue weighted by Crippen LogP contribution is -2.38. The fraction of sp³-hybridized carbons (Fsp3) is 0.476. The third-order valence-electron chi connectivity index (χ3n) is 5.15. The van der Waals surface area contributed by atoms with Crippen molar-refractivity contribution in [3.63, 3.8) is 0 Å². The molecule has 2 aliphatic rings. The van der Waals surface area contributed by atoms with Crippen LogP contribution in [-0.2, 0) is 14.3 Å². The standard InChI is InChI=1S/C21H24BrNO4/c1-4-14-20(21(25)27-5-2)18(12-9-10-17(26-3)13(22)11-12)19-15(23-14)7-6-8-16(19)24/h9-11,18,20H,4-8H2,1-3H3/t18-,20?/m1/s1. The van der Waals surface area contributed by atoms with E-state index in [9.17, 15) is 9.59 Å². The number of methoxy groups -OCH3 is 1. The molecule has 5 nitrogen and oxygen atoms in total. The maximum Gasteiger partial charge on any atom is 0.315 e. The van der Waals surface area contributed by atoms with Crippen molar-refractivity contribution < 1.29 is 19.1 Å². The highest BCUT2D eigenvalue weighted by Crippen LogP contribution is 2.45. The van der Waals surface area contributed by atoms with Crippen LogP contribution in [0.4, 0.5) is 0 Å². The minimum Gasteiger partial charge on any atom is -0.496 e. The molecule has 0 amide bonds. The average Bonchev–Trinajstić information content (AvgIpc) is 2.66. The first-order chi connectivity index (χ1) is 13.0. The molecule has 1 aromatic carbocycles. The molecule has 2 atom stereocenters. The molecule has 0 spiro atoms. The molecule has 1 unspecified atom stereocenters. The summed E-state index contributed by atoms with van der Waals surface area (Å²) in [7, 11) is 1.61. The lowest BCUT2D eigenvalue weighted by molar-refractivity contribution is -0.146. The van der Waals surface area contributed by atoms with E-state index < -0.39 is 5.92 Å². The summed E-state index contributed by atoms with van der Waals surface area (Å²) in [6.45, 7) is 4.08. The Bertz CT molecular complexity index is 827. The highest BCUT2D eigenvalue weighted by Gasteiger charge is 2.43. The third-order valence-corrected chi connectivity index (χ3v) is 5.77. The van der Waals surface area contributed by atoms with Crippen LogP contribution in [0.25, 0.3) is 0 Å². The van der Waals surface area contributed by atoms with Gasteiger partial charge in [0.15, 0.2) is 5.78 Å². The van der Waals surface area contributed by atoms with Gasteiger partial charge in [0, 0.05) is 29.3 Å². The minimum atomic E-state index is -0.573. The summed E-state index contributed by atoms with van der Waals surface area (Å²) >= 11 is 3.52. The smallest absolute Gasteiger partial charge is 0.315 e. The molecule has 0 saturated heterocycles. The molecule has 1 aliphatic heterocycles. The molecule has 0 aromatic heterocycles. The number of ketones is 1. The molecular formula is C21H24BrNO4. The number of Topliss-reactive ketones (excluding diaryl/α,β-unsaturated/α-hetero) is 1. The first-order valence-corrected chi connectivity index (χ1v) is 10.1. The van der Waals surface area contributed by atoms with Crippen molar-refractivity contribution in [1.29, 1.82) is 0 Å². The summed E-state index contributed by atoms with van der Waals surface area (Å²) in [6, 6.07) is 5.71. The van der Waals surface area contributed by atoms with E-state index in [1.165, 1.54) is 0 Å². The Morgan fingerprint density at radius 2 is 2.07 bits per heavy atom. The Hall–Kier alpha value is -1.95. The van der Waals surface area contributed by atoms with Gasteiger partial charge in [-0.1, -0.05) is 13.0 Å². The molecule has 0 radical (unpaired) electrons. The van der Waals surface area contributed by atoms with E-state index in [0.717, 1.165) is 34.3 Å². The van der Waals surface area contributed by atoms with Gasteiger partial charge in [-0.15, -0.1) is 0 Å². The summed E-state index contributed by atoms with van der Waals surface area (Å²) < 4.78 is 11.5. The number of carbonyl (C=O) groups excluding carboxylic acids is 2. The van der Waals surface area contributed by atoms with Crippen LogP contribution < -0.4 is 4.74 Å². The maximum atomic E-state index is 12.9. The van der Waals surface area contributed by atoms with Crippen LogP contribution in [0.2, 0.25) is 0 Å². The van der Waals surface area contributed by atoms with Crippen LogP contribution in [0.3, 0.4) is 0 Å². The van der Waals surface area contributed by atoms with Crippen LogP contribution in [-0.4, -0.2) is 31.2 Å². The molecule has 0 N–H and O–H groups in total. The van der Waals surface area contributed by atoms with Crippen molar-refractivity contribution in [2.24, 2.45) is 10.9 Å². The number of aliphatic imine (C=N–C) groups is 1. The molecule has 27 heavy (non-hydrogen) atoms. The Morgan fingerprint density at radius 1 is 1.30 bits per heavy atom. The number of hydrogen-bond donors (Lipinski definition) is 0. The topological polar surface area (TPSA) is 65.0 Å². The molecule has 1 aliphatic carbocycles. The van der Waals surface area contributed by atoms with E-state index in [-0.39, 0.29) is 17.7 Å². The third kappa shape index (κ3) is 3.72. The van der Waals surface area contributed by atoms with Crippen LogP contribution in [0, 0.1) is 5.92 Å². The van der Waals surface area contributed by atoms with E-state index >= 15 is 0 Å². The Balaban J connectivity index is 2.18. The zero-order valence-corrected chi connectivity index (χ0v) is 17.5. The Kier molecular flexibility index (Phi) is 6.15. The van der Waals surface area contributed by atoms with Gasteiger partial charge >= 0.3 is 5.97 Å². The number of benzene rings is 1. The monoisotopic (exact) mass is 433 g/mol. The predicted octanol–water partition coefficient (Wildman–Crippen LogP) is 4.59. The minimum absolute atomic E-state index is 0.0846. The molecule has 0 saturated carbocycles.